The number of pyridine rings is 1. The highest BCUT2D eigenvalue weighted by Crippen LogP contribution is 2.38. The molecule has 9 heteroatoms. The minimum atomic E-state index is -0.294. The molecule has 210 valence electrons. The van der Waals surface area contributed by atoms with Gasteiger partial charge in [0.1, 0.15) is 21.8 Å². The number of anilines is 1. The number of nitrogens with zero attached hydrogens (tertiary/aromatic N) is 4. The molecular weight excluding hydrogens is 572 g/mol. The fraction of sp³-hybridized carbons (Fsp3) is 0.312. The lowest BCUT2D eigenvalue weighted by atomic mass is 9.90. The van der Waals surface area contributed by atoms with E-state index in [2.05, 4.69) is 35.2 Å². The van der Waals surface area contributed by atoms with Gasteiger partial charge in [-0.05, 0) is 67.9 Å². The lowest BCUT2D eigenvalue weighted by Gasteiger charge is -2.36. The summed E-state index contributed by atoms with van der Waals surface area (Å²) in [4.78, 5) is 31.2. The molecule has 3 heterocycles. The summed E-state index contributed by atoms with van der Waals surface area (Å²) in [6.07, 6.45) is 4.83. The summed E-state index contributed by atoms with van der Waals surface area (Å²) in [6.45, 7) is 5.98. The van der Waals surface area contributed by atoms with Crippen molar-refractivity contribution in [3.05, 3.63) is 103 Å². The first-order chi connectivity index (χ1) is 19.8. The average molecular weight is 603 g/mol. The Kier molecular flexibility index (Phi) is 8.98. The number of amides is 1. The van der Waals surface area contributed by atoms with Crippen LogP contribution in [0.5, 0.6) is 0 Å². The van der Waals surface area contributed by atoms with E-state index in [9.17, 15) is 14.9 Å². The van der Waals surface area contributed by atoms with Gasteiger partial charge in [-0.25, -0.2) is 0 Å². The summed E-state index contributed by atoms with van der Waals surface area (Å²) in [7, 11) is 0. The Labute approximate surface area is 255 Å². The summed E-state index contributed by atoms with van der Waals surface area (Å²) in [5.74, 6) is 1.11. The van der Waals surface area contributed by atoms with Crippen molar-refractivity contribution in [2.75, 3.05) is 18.0 Å². The highest BCUT2D eigenvalue weighted by atomic mass is 35.5. The summed E-state index contributed by atoms with van der Waals surface area (Å²) in [6, 6.07) is 20.0. The van der Waals surface area contributed by atoms with E-state index in [0.717, 1.165) is 49.3 Å². The Balaban J connectivity index is 1.49. The van der Waals surface area contributed by atoms with Gasteiger partial charge in [-0.2, -0.15) is 5.26 Å². The van der Waals surface area contributed by atoms with Gasteiger partial charge in [0, 0.05) is 30.2 Å². The van der Waals surface area contributed by atoms with Crippen LogP contribution in [-0.4, -0.2) is 32.8 Å². The molecule has 2 aromatic carbocycles. The van der Waals surface area contributed by atoms with Gasteiger partial charge in [0.15, 0.2) is 0 Å². The van der Waals surface area contributed by atoms with Crippen molar-refractivity contribution in [3.8, 4) is 6.07 Å². The van der Waals surface area contributed by atoms with Crippen LogP contribution < -0.4 is 10.5 Å². The molecule has 1 amide bonds. The summed E-state index contributed by atoms with van der Waals surface area (Å²) in [5.41, 5.74) is 3.27. The Bertz CT molecular complexity index is 1620. The van der Waals surface area contributed by atoms with Crippen molar-refractivity contribution in [1.82, 2.24) is 9.47 Å². The molecule has 0 N–H and O–H groups in total. The number of thioether (sulfide) groups is 1. The molecule has 2 aliphatic heterocycles. The van der Waals surface area contributed by atoms with E-state index in [1.54, 1.807) is 22.5 Å². The van der Waals surface area contributed by atoms with Crippen LogP contribution >= 0.6 is 35.6 Å². The lowest BCUT2D eigenvalue weighted by molar-refractivity contribution is -0.122. The molecule has 0 unspecified atom stereocenters. The SMILES string of the molecule is CCn1c(N2CCC(Cc3ccccc3)CC2)c(C=C2SC(=S)N(Cc3ccccc3Cl)C2=O)c(C)c(C#N)c1=O. The van der Waals surface area contributed by atoms with E-state index in [0.29, 0.717) is 32.3 Å². The smallest absolute Gasteiger partial charge is 0.270 e. The topological polar surface area (TPSA) is 69.3 Å². The van der Waals surface area contributed by atoms with Crippen LogP contribution in [0.4, 0.5) is 5.82 Å². The van der Waals surface area contributed by atoms with Crippen LogP contribution in [0.25, 0.3) is 6.08 Å². The Morgan fingerprint density at radius 3 is 2.44 bits per heavy atom. The molecule has 1 aromatic heterocycles. The number of benzene rings is 2. The first-order valence-electron chi connectivity index (χ1n) is 13.8. The van der Waals surface area contributed by atoms with E-state index in [1.165, 1.54) is 17.3 Å². The van der Waals surface area contributed by atoms with Crippen LogP contribution in [-0.2, 0) is 24.3 Å². The molecule has 0 atom stereocenters. The summed E-state index contributed by atoms with van der Waals surface area (Å²) < 4.78 is 2.13. The molecule has 41 heavy (non-hydrogen) atoms. The van der Waals surface area contributed by atoms with Crippen LogP contribution in [0.2, 0.25) is 5.02 Å². The summed E-state index contributed by atoms with van der Waals surface area (Å²) >= 11 is 13.2. The molecule has 0 saturated carbocycles. The minimum Gasteiger partial charge on any atom is -0.357 e. The number of carbonyl (C=O) groups is 1. The molecule has 2 aliphatic rings. The van der Waals surface area contributed by atoms with E-state index >= 15 is 0 Å². The Morgan fingerprint density at radius 2 is 1.78 bits per heavy atom. The second kappa shape index (κ2) is 12.6. The minimum absolute atomic E-state index is 0.104. The molecule has 0 spiro atoms. The second-order valence-electron chi connectivity index (χ2n) is 10.4. The van der Waals surface area contributed by atoms with Crippen LogP contribution in [0, 0.1) is 24.2 Å². The molecule has 5 rings (SSSR count). The predicted octanol–water partition coefficient (Wildman–Crippen LogP) is 6.56. The zero-order valence-electron chi connectivity index (χ0n) is 23.1. The maximum atomic E-state index is 13.6. The van der Waals surface area contributed by atoms with Crippen molar-refractivity contribution in [1.29, 1.82) is 5.26 Å². The number of aromatic nitrogens is 1. The Morgan fingerprint density at radius 1 is 1.10 bits per heavy atom. The van der Waals surface area contributed by atoms with Gasteiger partial charge in [-0.15, -0.1) is 0 Å². The first kappa shape index (κ1) is 29.1. The zero-order valence-corrected chi connectivity index (χ0v) is 25.5. The molecular formula is C32H31ClN4O2S2. The number of halogens is 1. The molecule has 0 bridgehead atoms. The second-order valence-corrected chi connectivity index (χ2v) is 12.5. The number of rotatable bonds is 7. The number of thiocarbonyl (C=S) groups is 1. The number of hydrogen-bond acceptors (Lipinski definition) is 6. The van der Waals surface area contributed by atoms with E-state index in [-0.39, 0.29) is 23.6 Å². The highest BCUT2D eigenvalue weighted by molar-refractivity contribution is 8.26. The molecule has 6 nitrogen and oxygen atoms in total. The maximum absolute atomic E-state index is 13.6. The van der Waals surface area contributed by atoms with Crippen molar-refractivity contribution >= 4 is 57.7 Å². The van der Waals surface area contributed by atoms with Crippen LogP contribution in [0.3, 0.4) is 0 Å². The van der Waals surface area contributed by atoms with Gasteiger partial charge in [0.2, 0.25) is 0 Å². The van der Waals surface area contributed by atoms with Gasteiger partial charge < -0.3 is 4.90 Å². The number of hydrogen-bond donors (Lipinski definition) is 0. The van der Waals surface area contributed by atoms with Gasteiger partial charge in [0.25, 0.3) is 11.5 Å². The van der Waals surface area contributed by atoms with E-state index < -0.39 is 0 Å². The standard InChI is InChI=1S/C32H31ClN4O2S2/c1-3-36-29(35-15-13-23(14-16-35)17-22-9-5-4-6-10-22)25(21(2)26(19-34)30(36)38)18-28-31(39)37(32(40)41-28)20-24-11-7-8-12-27(24)33/h4-12,18,23H,3,13-17,20H2,1-2H3. The zero-order chi connectivity index (χ0) is 29.1. The molecule has 2 fully saturated rings. The molecule has 0 radical (unpaired) electrons. The van der Waals surface area contributed by atoms with Crippen molar-refractivity contribution in [2.45, 2.75) is 46.2 Å². The fourth-order valence-electron chi connectivity index (χ4n) is 5.64. The largest absolute Gasteiger partial charge is 0.357 e. The van der Waals surface area contributed by atoms with Crippen LogP contribution in [0.15, 0.2) is 64.3 Å². The highest BCUT2D eigenvalue weighted by Gasteiger charge is 2.34. The van der Waals surface area contributed by atoms with Gasteiger partial charge in [0.05, 0.1) is 11.4 Å². The number of carbonyl (C=O) groups excluding carboxylic acids is 1. The third kappa shape index (κ3) is 5.99. The third-order valence-electron chi connectivity index (χ3n) is 7.88. The molecule has 0 aliphatic carbocycles. The van der Waals surface area contributed by atoms with Gasteiger partial charge in [-0.1, -0.05) is 84.1 Å². The molecule has 3 aromatic rings. The van der Waals surface area contributed by atoms with Gasteiger partial charge >= 0.3 is 0 Å². The van der Waals surface area contributed by atoms with Crippen molar-refractivity contribution in [3.63, 3.8) is 0 Å². The van der Waals surface area contributed by atoms with Gasteiger partial charge in [-0.3, -0.25) is 19.1 Å². The molecule has 2 saturated heterocycles. The average Bonchev–Trinajstić information content (AvgIpc) is 3.24. The van der Waals surface area contributed by atoms with Crippen molar-refractivity contribution < 1.29 is 4.79 Å². The fourth-order valence-corrected chi connectivity index (χ4v) is 7.07. The first-order valence-corrected chi connectivity index (χ1v) is 15.4. The lowest BCUT2D eigenvalue weighted by Crippen LogP contribution is -2.39. The maximum Gasteiger partial charge on any atom is 0.270 e. The number of piperidine rings is 1. The van der Waals surface area contributed by atoms with E-state index in [1.807, 2.05) is 37.3 Å². The quantitative estimate of drug-likeness (QED) is 0.225. The third-order valence-corrected chi connectivity index (χ3v) is 9.63. The Hall–Kier alpha value is -3.38. The van der Waals surface area contributed by atoms with Crippen molar-refractivity contribution in [2.24, 2.45) is 5.92 Å². The monoisotopic (exact) mass is 602 g/mol. The van der Waals surface area contributed by atoms with Crippen LogP contribution in [0.1, 0.15) is 47.6 Å². The summed E-state index contributed by atoms with van der Waals surface area (Å²) in [5, 5.41) is 10.5. The van der Waals surface area contributed by atoms with E-state index in [4.69, 9.17) is 23.8 Å². The normalized spacial score (nSPS) is 17.0. The predicted molar refractivity (Wildman–Crippen MR) is 171 cm³/mol. The number of nitriles is 1.